The van der Waals surface area contributed by atoms with Gasteiger partial charge in [-0.1, -0.05) is 11.8 Å². The van der Waals surface area contributed by atoms with Crippen LogP contribution < -0.4 is 0 Å². The van der Waals surface area contributed by atoms with Crippen molar-refractivity contribution in [2.75, 3.05) is 26.3 Å². The van der Waals surface area contributed by atoms with Crippen molar-refractivity contribution in [2.45, 2.75) is 13.0 Å². The molecule has 1 aliphatic heterocycles. The Morgan fingerprint density at radius 3 is 2.73 bits per heavy atom. The third-order valence-electron chi connectivity index (χ3n) is 4.92. The number of H-pyrrole nitrogens is 1. The summed E-state index contributed by atoms with van der Waals surface area (Å²) in [4.78, 5) is 30.3. The summed E-state index contributed by atoms with van der Waals surface area (Å²) in [6.07, 6.45) is 4.18. The normalized spacial score (nSPS) is 14.1. The van der Waals surface area contributed by atoms with Crippen LogP contribution in [-0.2, 0) is 4.74 Å². The Hall–Kier alpha value is -3.58. The molecule has 1 aliphatic rings. The number of carbonyl (C=O) groups is 1. The Bertz CT molecular complexity index is 1240. The van der Waals surface area contributed by atoms with Crippen molar-refractivity contribution in [1.29, 1.82) is 0 Å². The summed E-state index contributed by atoms with van der Waals surface area (Å²) in [6.45, 7) is 3.81. The van der Waals surface area contributed by atoms with Crippen LogP contribution in [0, 0.1) is 11.8 Å². The molecule has 0 spiro atoms. The number of thiazole rings is 1. The number of benzene rings is 1. The number of fused-ring (bicyclic) bond motifs is 1. The zero-order valence-electron chi connectivity index (χ0n) is 18.1. The van der Waals surface area contributed by atoms with E-state index in [1.54, 1.807) is 47.1 Å². The quantitative estimate of drug-likeness (QED) is 0.445. The van der Waals surface area contributed by atoms with Crippen molar-refractivity contribution in [3.8, 4) is 23.1 Å². The highest BCUT2D eigenvalue weighted by Crippen LogP contribution is 2.32. The van der Waals surface area contributed by atoms with Crippen LogP contribution in [0.1, 0.15) is 23.0 Å². The monoisotopic (exact) mass is 461 g/mol. The minimum absolute atomic E-state index is 0.0790. The van der Waals surface area contributed by atoms with Gasteiger partial charge in [0, 0.05) is 52.9 Å². The molecule has 0 aliphatic carbocycles. The average molecular weight is 462 g/mol. The molecule has 4 aromatic rings. The van der Waals surface area contributed by atoms with Crippen molar-refractivity contribution >= 4 is 28.1 Å². The van der Waals surface area contributed by atoms with E-state index in [0.29, 0.717) is 37.7 Å². The second kappa shape index (κ2) is 10.8. The Kier molecular flexibility index (Phi) is 7.42. The van der Waals surface area contributed by atoms with Gasteiger partial charge < -0.3 is 19.7 Å². The van der Waals surface area contributed by atoms with Crippen molar-refractivity contribution in [1.82, 2.24) is 24.8 Å². The molecule has 1 aromatic carbocycles. The zero-order valence-corrected chi connectivity index (χ0v) is 18.9. The van der Waals surface area contributed by atoms with Gasteiger partial charge in [0.2, 0.25) is 0 Å². The molecule has 33 heavy (non-hydrogen) atoms. The topological polar surface area (TPSA) is 104 Å². The fraction of sp³-hybridized carbons (Fsp3) is 0.250. The lowest BCUT2D eigenvalue weighted by Gasteiger charge is -2.26. The number of nitrogens with one attached hydrogen (secondary N) is 1. The number of aromatic nitrogens is 4. The smallest absolute Gasteiger partial charge is 0.271 e. The summed E-state index contributed by atoms with van der Waals surface area (Å²) >= 11 is 1.60. The van der Waals surface area contributed by atoms with E-state index in [1.165, 1.54) is 6.33 Å². The standard InChI is InChI=1S/C21H20N4O3.C3H3NS/c1-14(26)2-3-15-4-5-17-16(12-15)19(18-6-7-22-13-23-18)20(24-17)21(27)25-8-10-28-11-9-25;1-2-5-3-4-1/h4-7,12-14,24,26H,8-11H2,1H3;1-3H. The highest BCUT2D eigenvalue weighted by Gasteiger charge is 2.25. The van der Waals surface area contributed by atoms with E-state index < -0.39 is 6.10 Å². The first-order chi connectivity index (χ1) is 16.1. The van der Waals surface area contributed by atoms with Gasteiger partial charge >= 0.3 is 0 Å². The number of aromatic amines is 1. The second-order valence-corrected chi connectivity index (χ2v) is 8.01. The third-order valence-corrected chi connectivity index (χ3v) is 5.44. The van der Waals surface area contributed by atoms with E-state index in [9.17, 15) is 9.90 Å². The maximum Gasteiger partial charge on any atom is 0.271 e. The van der Waals surface area contributed by atoms with Crippen LogP contribution in [0.4, 0.5) is 0 Å². The first kappa shape index (κ1) is 22.6. The number of aliphatic hydroxyl groups is 1. The van der Waals surface area contributed by atoms with Crippen molar-refractivity contribution in [2.24, 2.45) is 0 Å². The summed E-state index contributed by atoms with van der Waals surface area (Å²) in [6, 6.07) is 7.45. The van der Waals surface area contributed by atoms with Crippen molar-refractivity contribution in [3.63, 3.8) is 0 Å². The highest BCUT2D eigenvalue weighted by atomic mass is 32.1. The predicted molar refractivity (Wildman–Crippen MR) is 127 cm³/mol. The lowest BCUT2D eigenvalue weighted by Crippen LogP contribution is -2.41. The minimum Gasteiger partial charge on any atom is -0.381 e. The molecule has 8 nitrogen and oxygen atoms in total. The Morgan fingerprint density at radius 1 is 1.24 bits per heavy atom. The number of hydrogen-bond donors (Lipinski definition) is 2. The van der Waals surface area contributed by atoms with Gasteiger partial charge in [-0.05, 0) is 31.2 Å². The molecule has 0 saturated carbocycles. The molecule has 4 heterocycles. The van der Waals surface area contributed by atoms with E-state index in [1.807, 2.05) is 23.6 Å². The van der Waals surface area contributed by atoms with Gasteiger partial charge in [0.15, 0.2) is 0 Å². The van der Waals surface area contributed by atoms with E-state index in [-0.39, 0.29) is 5.91 Å². The molecule has 3 aromatic heterocycles. The third kappa shape index (κ3) is 5.62. The maximum absolute atomic E-state index is 13.2. The van der Waals surface area contributed by atoms with Crippen LogP contribution in [0.15, 0.2) is 53.9 Å². The van der Waals surface area contributed by atoms with Gasteiger partial charge in [0.25, 0.3) is 5.91 Å². The molecule has 168 valence electrons. The van der Waals surface area contributed by atoms with Gasteiger partial charge in [-0.2, -0.15) is 0 Å². The van der Waals surface area contributed by atoms with Crippen LogP contribution in [0.3, 0.4) is 0 Å². The Labute approximate surface area is 195 Å². The number of aliphatic hydroxyl groups excluding tert-OH is 1. The molecule has 2 N–H and O–H groups in total. The van der Waals surface area contributed by atoms with Gasteiger partial charge in [0.05, 0.1) is 24.4 Å². The fourth-order valence-corrected chi connectivity index (χ4v) is 3.77. The molecule has 1 unspecified atom stereocenters. The Balaban J connectivity index is 0.000000459. The summed E-state index contributed by atoms with van der Waals surface area (Å²) < 4.78 is 5.36. The fourth-order valence-electron chi connectivity index (χ4n) is 3.42. The number of nitrogens with zero attached hydrogens (tertiary/aromatic N) is 4. The van der Waals surface area contributed by atoms with E-state index in [2.05, 4.69) is 31.8 Å². The maximum atomic E-state index is 13.2. The number of rotatable bonds is 2. The van der Waals surface area contributed by atoms with E-state index in [0.717, 1.165) is 22.0 Å². The number of morpholine rings is 1. The van der Waals surface area contributed by atoms with E-state index in [4.69, 9.17) is 4.74 Å². The van der Waals surface area contributed by atoms with E-state index >= 15 is 0 Å². The molecule has 5 rings (SSSR count). The molecule has 1 fully saturated rings. The summed E-state index contributed by atoms with van der Waals surface area (Å²) in [7, 11) is 0. The second-order valence-electron chi connectivity index (χ2n) is 7.26. The number of amides is 1. The highest BCUT2D eigenvalue weighted by molar-refractivity contribution is 7.07. The van der Waals surface area contributed by atoms with Crippen LogP contribution in [-0.4, -0.2) is 68.3 Å². The molecule has 1 amide bonds. The van der Waals surface area contributed by atoms with Crippen LogP contribution in [0.2, 0.25) is 0 Å². The lowest BCUT2D eigenvalue weighted by molar-refractivity contribution is 0.0300. The molecule has 0 radical (unpaired) electrons. The average Bonchev–Trinajstić information content (AvgIpc) is 3.55. The molecule has 9 heteroatoms. The summed E-state index contributed by atoms with van der Waals surface area (Å²) in [5, 5.41) is 12.2. The lowest BCUT2D eigenvalue weighted by atomic mass is 10.0. The zero-order chi connectivity index (χ0) is 23.0. The van der Waals surface area contributed by atoms with Gasteiger partial charge in [0.1, 0.15) is 18.1 Å². The van der Waals surface area contributed by atoms with Crippen LogP contribution in [0.25, 0.3) is 22.2 Å². The summed E-state index contributed by atoms with van der Waals surface area (Å²) in [5.41, 5.74) is 5.27. The van der Waals surface area contributed by atoms with Gasteiger partial charge in [-0.15, -0.1) is 11.3 Å². The molecule has 1 atom stereocenters. The molecular weight excluding hydrogens is 438 g/mol. The van der Waals surface area contributed by atoms with Crippen molar-refractivity contribution < 1.29 is 14.6 Å². The Morgan fingerprint density at radius 2 is 2.09 bits per heavy atom. The first-order valence-electron chi connectivity index (χ1n) is 10.4. The molecular formula is C24H23N5O3S. The predicted octanol–water partition coefficient (Wildman–Crippen LogP) is 2.97. The minimum atomic E-state index is -0.707. The number of carbonyl (C=O) groups excluding carboxylic acids is 1. The molecule has 1 saturated heterocycles. The van der Waals surface area contributed by atoms with Crippen LogP contribution in [0.5, 0.6) is 0 Å². The van der Waals surface area contributed by atoms with Crippen LogP contribution >= 0.6 is 11.3 Å². The summed E-state index contributed by atoms with van der Waals surface area (Å²) in [5.74, 6) is 5.63. The number of ether oxygens (including phenoxy) is 1. The first-order valence-corrected chi connectivity index (χ1v) is 11.4. The van der Waals surface area contributed by atoms with Gasteiger partial charge in [-0.3, -0.25) is 9.78 Å². The van der Waals surface area contributed by atoms with Crippen molar-refractivity contribution in [3.05, 3.63) is 65.1 Å². The SMILES string of the molecule is CC(O)C#Cc1ccc2[nH]c(C(=O)N3CCOCC3)c(-c3ccncn3)c2c1.c1cscn1. The van der Waals surface area contributed by atoms with Gasteiger partial charge in [-0.25, -0.2) is 9.97 Å². The largest absolute Gasteiger partial charge is 0.381 e. The molecule has 0 bridgehead atoms. The number of hydrogen-bond acceptors (Lipinski definition) is 7.